The van der Waals surface area contributed by atoms with Gasteiger partial charge in [-0.05, 0) is 31.9 Å². The Labute approximate surface area is 121 Å². The van der Waals surface area contributed by atoms with Gasteiger partial charge in [0.1, 0.15) is 5.82 Å². The van der Waals surface area contributed by atoms with E-state index in [1.165, 1.54) is 6.07 Å². The van der Waals surface area contributed by atoms with Gasteiger partial charge in [-0.3, -0.25) is 0 Å². The Kier molecular flexibility index (Phi) is 3.68. The average Bonchev–Trinajstić information content (AvgIpc) is 2.96. The summed E-state index contributed by atoms with van der Waals surface area (Å²) in [6.45, 7) is 3.86. The molecule has 0 unspecified atom stereocenters. The predicted octanol–water partition coefficient (Wildman–Crippen LogP) is 3.41. The van der Waals surface area contributed by atoms with Gasteiger partial charge in [0.2, 0.25) is 5.95 Å². The highest BCUT2D eigenvalue weighted by atomic mass is 19.2. The molecule has 110 valence electrons. The van der Waals surface area contributed by atoms with E-state index in [0.29, 0.717) is 11.6 Å². The maximum absolute atomic E-state index is 13.2. The van der Waals surface area contributed by atoms with E-state index in [9.17, 15) is 8.78 Å². The van der Waals surface area contributed by atoms with Crippen LogP contribution >= 0.6 is 0 Å². The first-order valence-corrected chi connectivity index (χ1v) is 6.94. The van der Waals surface area contributed by atoms with Crippen LogP contribution in [-0.4, -0.2) is 23.1 Å². The average molecular weight is 290 g/mol. The number of nitrogens with one attached hydrogen (secondary N) is 1. The summed E-state index contributed by atoms with van der Waals surface area (Å²) in [4.78, 5) is 10.9. The zero-order chi connectivity index (χ0) is 14.8. The third-order valence-electron chi connectivity index (χ3n) is 3.45. The maximum atomic E-state index is 13.2. The Balaban J connectivity index is 1.85. The molecule has 1 aliphatic rings. The number of aryl methyl sites for hydroxylation is 1. The highest BCUT2D eigenvalue weighted by Gasteiger charge is 2.15. The molecule has 6 heteroatoms. The van der Waals surface area contributed by atoms with E-state index >= 15 is 0 Å². The highest BCUT2D eigenvalue weighted by molar-refractivity contribution is 5.56. The molecule has 1 saturated heterocycles. The van der Waals surface area contributed by atoms with Gasteiger partial charge in [-0.25, -0.2) is 13.8 Å². The largest absolute Gasteiger partial charge is 0.356 e. The van der Waals surface area contributed by atoms with Crippen molar-refractivity contribution < 1.29 is 8.78 Å². The molecule has 0 atom stereocenters. The number of benzene rings is 1. The van der Waals surface area contributed by atoms with Crippen LogP contribution in [0, 0.1) is 18.6 Å². The summed E-state index contributed by atoms with van der Waals surface area (Å²) >= 11 is 0. The molecule has 4 nitrogen and oxygen atoms in total. The second kappa shape index (κ2) is 5.63. The molecule has 1 aromatic carbocycles. The molecule has 1 fully saturated rings. The van der Waals surface area contributed by atoms with Gasteiger partial charge in [0.05, 0.1) is 0 Å². The fourth-order valence-electron chi connectivity index (χ4n) is 2.42. The minimum absolute atomic E-state index is 0.392. The maximum Gasteiger partial charge on any atom is 0.229 e. The third kappa shape index (κ3) is 3.09. The zero-order valence-corrected chi connectivity index (χ0v) is 11.7. The summed E-state index contributed by atoms with van der Waals surface area (Å²) in [5, 5.41) is 2.92. The first kappa shape index (κ1) is 13.7. The van der Waals surface area contributed by atoms with Crippen LogP contribution in [0.5, 0.6) is 0 Å². The number of hydrogen-bond donors (Lipinski definition) is 1. The molecule has 2 aromatic rings. The molecule has 0 amide bonds. The van der Waals surface area contributed by atoms with E-state index in [0.717, 1.165) is 49.6 Å². The molecule has 2 heterocycles. The van der Waals surface area contributed by atoms with Gasteiger partial charge >= 0.3 is 0 Å². The number of nitrogens with zero attached hydrogens (tertiary/aromatic N) is 3. The van der Waals surface area contributed by atoms with E-state index in [-0.39, 0.29) is 0 Å². The second-order valence-corrected chi connectivity index (χ2v) is 5.14. The Morgan fingerprint density at radius 1 is 1.05 bits per heavy atom. The van der Waals surface area contributed by atoms with Gasteiger partial charge < -0.3 is 10.2 Å². The fraction of sp³-hybridized carbons (Fsp3) is 0.333. The van der Waals surface area contributed by atoms with Crippen LogP contribution in [0.4, 0.5) is 26.2 Å². The molecular weight excluding hydrogens is 274 g/mol. The molecule has 0 spiro atoms. The number of hydrogen-bond acceptors (Lipinski definition) is 4. The topological polar surface area (TPSA) is 41.1 Å². The van der Waals surface area contributed by atoms with Gasteiger partial charge in [-0.2, -0.15) is 4.98 Å². The van der Waals surface area contributed by atoms with Crippen LogP contribution in [0.15, 0.2) is 24.3 Å². The van der Waals surface area contributed by atoms with Crippen LogP contribution in [-0.2, 0) is 0 Å². The minimum Gasteiger partial charge on any atom is -0.356 e. The Morgan fingerprint density at radius 2 is 1.81 bits per heavy atom. The first-order chi connectivity index (χ1) is 10.1. The molecule has 0 saturated carbocycles. The number of aromatic nitrogens is 2. The summed E-state index contributed by atoms with van der Waals surface area (Å²) in [5.41, 5.74) is 1.25. The van der Waals surface area contributed by atoms with Crippen molar-refractivity contribution in [2.24, 2.45) is 0 Å². The molecule has 21 heavy (non-hydrogen) atoms. The molecular formula is C15H16F2N4. The van der Waals surface area contributed by atoms with Crippen LogP contribution in [0.2, 0.25) is 0 Å². The summed E-state index contributed by atoms with van der Waals surface area (Å²) < 4.78 is 26.2. The lowest BCUT2D eigenvalue weighted by Gasteiger charge is -2.17. The Bertz CT molecular complexity index is 654. The molecule has 0 aliphatic carbocycles. The molecule has 0 radical (unpaired) electrons. The Morgan fingerprint density at radius 3 is 2.52 bits per heavy atom. The van der Waals surface area contributed by atoms with Crippen molar-refractivity contribution in [1.82, 2.24) is 9.97 Å². The first-order valence-electron chi connectivity index (χ1n) is 6.94. The lowest BCUT2D eigenvalue weighted by atomic mass is 10.3. The van der Waals surface area contributed by atoms with Gasteiger partial charge in [0, 0.05) is 36.6 Å². The summed E-state index contributed by atoms with van der Waals surface area (Å²) in [6.07, 6.45) is 2.32. The highest BCUT2D eigenvalue weighted by Crippen LogP contribution is 2.22. The molecule has 3 rings (SSSR count). The van der Waals surface area contributed by atoms with Crippen LogP contribution in [0.1, 0.15) is 18.5 Å². The van der Waals surface area contributed by atoms with Gasteiger partial charge in [0.15, 0.2) is 11.6 Å². The van der Waals surface area contributed by atoms with Gasteiger partial charge in [-0.1, -0.05) is 0 Å². The Hall–Kier alpha value is -2.24. The van der Waals surface area contributed by atoms with E-state index < -0.39 is 11.6 Å². The van der Waals surface area contributed by atoms with E-state index in [4.69, 9.17) is 0 Å². The lowest BCUT2D eigenvalue weighted by molar-refractivity contribution is 0.509. The summed E-state index contributed by atoms with van der Waals surface area (Å²) in [5.74, 6) is -0.510. The summed E-state index contributed by atoms with van der Waals surface area (Å²) in [7, 11) is 0. The second-order valence-electron chi connectivity index (χ2n) is 5.14. The van der Waals surface area contributed by atoms with E-state index in [1.54, 1.807) is 0 Å². The molecule has 1 N–H and O–H groups in total. The standard InChI is InChI=1S/C15H16F2N4/c1-10-8-14(21-6-2-3-7-21)20-15(18-10)19-11-4-5-12(16)13(17)9-11/h4-5,8-9H,2-3,6-7H2,1H3,(H,18,19,20). The van der Waals surface area contributed by atoms with Crippen LogP contribution < -0.4 is 10.2 Å². The third-order valence-corrected chi connectivity index (χ3v) is 3.45. The lowest BCUT2D eigenvalue weighted by Crippen LogP contribution is -2.19. The molecule has 1 aliphatic heterocycles. The fourth-order valence-corrected chi connectivity index (χ4v) is 2.42. The smallest absolute Gasteiger partial charge is 0.229 e. The van der Waals surface area contributed by atoms with E-state index in [2.05, 4.69) is 20.2 Å². The SMILES string of the molecule is Cc1cc(N2CCCC2)nc(Nc2ccc(F)c(F)c2)n1. The zero-order valence-electron chi connectivity index (χ0n) is 11.7. The summed E-state index contributed by atoms with van der Waals surface area (Å²) in [6, 6.07) is 5.56. The molecule has 1 aromatic heterocycles. The van der Waals surface area contributed by atoms with Crippen LogP contribution in [0.3, 0.4) is 0 Å². The van der Waals surface area contributed by atoms with Crippen molar-refractivity contribution in [2.45, 2.75) is 19.8 Å². The van der Waals surface area contributed by atoms with Gasteiger partial charge in [0.25, 0.3) is 0 Å². The number of rotatable bonds is 3. The van der Waals surface area contributed by atoms with Crippen LogP contribution in [0.25, 0.3) is 0 Å². The van der Waals surface area contributed by atoms with Crippen molar-refractivity contribution in [2.75, 3.05) is 23.3 Å². The van der Waals surface area contributed by atoms with E-state index in [1.807, 2.05) is 13.0 Å². The van der Waals surface area contributed by atoms with Crippen molar-refractivity contribution in [3.8, 4) is 0 Å². The minimum atomic E-state index is -0.896. The van der Waals surface area contributed by atoms with Crippen molar-refractivity contribution in [3.63, 3.8) is 0 Å². The molecule has 0 bridgehead atoms. The number of halogens is 2. The number of anilines is 3. The van der Waals surface area contributed by atoms with Gasteiger partial charge in [-0.15, -0.1) is 0 Å². The van der Waals surface area contributed by atoms with Crippen molar-refractivity contribution in [3.05, 3.63) is 41.6 Å². The van der Waals surface area contributed by atoms with Crippen molar-refractivity contribution in [1.29, 1.82) is 0 Å². The van der Waals surface area contributed by atoms with Crippen molar-refractivity contribution >= 4 is 17.5 Å². The normalized spacial score (nSPS) is 14.5. The quantitative estimate of drug-likeness (QED) is 0.940. The monoisotopic (exact) mass is 290 g/mol. The predicted molar refractivity (Wildman–Crippen MR) is 77.9 cm³/mol.